The van der Waals surface area contributed by atoms with E-state index in [9.17, 15) is 0 Å². The molecule has 0 N–H and O–H groups in total. The summed E-state index contributed by atoms with van der Waals surface area (Å²) in [5.74, 6) is 2.05. The van der Waals surface area contributed by atoms with Crippen molar-refractivity contribution in [3.63, 3.8) is 0 Å². The van der Waals surface area contributed by atoms with Crippen LogP contribution in [0.1, 0.15) is 17.4 Å². The normalized spacial score (nSPS) is 10.8. The highest BCUT2D eigenvalue weighted by molar-refractivity contribution is 6.16. The summed E-state index contributed by atoms with van der Waals surface area (Å²) >= 11 is 5.54. The zero-order valence-electron chi connectivity index (χ0n) is 7.74. The minimum Gasteiger partial charge on any atom is -0.436 e. The number of aryl methyl sites for hydroxylation is 2. The van der Waals surface area contributed by atoms with Crippen LogP contribution in [0.25, 0.3) is 11.7 Å². The van der Waals surface area contributed by atoms with Gasteiger partial charge in [-0.15, -0.1) is 11.6 Å². The van der Waals surface area contributed by atoms with Crippen molar-refractivity contribution in [3.05, 3.63) is 17.4 Å². The van der Waals surface area contributed by atoms with E-state index >= 15 is 0 Å². The molecule has 0 aliphatic heterocycles. The third-order valence-electron chi connectivity index (χ3n) is 1.69. The first-order chi connectivity index (χ1) is 6.70. The van der Waals surface area contributed by atoms with Gasteiger partial charge in [-0.05, 0) is 6.92 Å². The van der Waals surface area contributed by atoms with Crippen LogP contribution >= 0.6 is 11.6 Å². The van der Waals surface area contributed by atoms with Crippen LogP contribution in [0.5, 0.6) is 0 Å². The van der Waals surface area contributed by atoms with Gasteiger partial charge < -0.3 is 8.94 Å². The van der Waals surface area contributed by atoms with Gasteiger partial charge in [-0.3, -0.25) is 0 Å². The maximum Gasteiger partial charge on any atom is 0.295 e. The molecule has 0 unspecified atom stereocenters. The Morgan fingerprint density at radius 2 is 2.07 bits per heavy atom. The highest BCUT2D eigenvalue weighted by atomic mass is 35.5. The second-order valence-electron chi connectivity index (χ2n) is 2.80. The lowest BCUT2D eigenvalue weighted by atomic mass is 10.4. The van der Waals surface area contributed by atoms with E-state index in [0.717, 1.165) is 5.69 Å². The van der Waals surface area contributed by atoms with Crippen LogP contribution in [-0.2, 0) is 5.88 Å². The topological polar surface area (TPSA) is 65.0 Å². The molecular formula is C8H8ClN3O2. The summed E-state index contributed by atoms with van der Waals surface area (Å²) in [6.45, 7) is 3.58. The molecule has 5 nitrogen and oxygen atoms in total. The molecule has 74 valence electrons. The van der Waals surface area contributed by atoms with Crippen molar-refractivity contribution in [2.45, 2.75) is 19.7 Å². The van der Waals surface area contributed by atoms with Gasteiger partial charge in [0.15, 0.2) is 11.7 Å². The van der Waals surface area contributed by atoms with E-state index in [-0.39, 0.29) is 5.88 Å². The van der Waals surface area contributed by atoms with Crippen LogP contribution in [-0.4, -0.2) is 15.1 Å². The number of alkyl halides is 1. The van der Waals surface area contributed by atoms with Crippen LogP contribution in [0.15, 0.2) is 8.94 Å². The highest BCUT2D eigenvalue weighted by Gasteiger charge is 2.16. The van der Waals surface area contributed by atoms with Crippen molar-refractivity contribution in [2.24, 2.45) is 0 Å². The summed E-state index contributed by atoms with van der Waals surface area (Å²) in [4.78, 5) is 8.12. The van der Waals surface area contributed by atoms with E-state index in [1.165, 1.54) is 0 Å². The Morgan fingerprint density at radius 1 is 1.29 bits per heavy atom. The third-order valence-corrected chi connectivity index (χ3v) is 1.92. The monoisotopic (exact) mass is 213 g/mol. The molecule has 0 aromatic carbocycles. The molecule has 2 rings (SSSR count). The zero-order chi connectivity index (χ0) is 10.1. The Hall–Kier alpha value is -1.36. The summed E-state index contributed by atoms with van der Waals surface area (Å²) in [5.41, 5.74) is 0.729. The van der Waals surface area contributed by atoms with Gasteiger partial charge in [0.25, 0.3) is 5.89 Å². The van der Waals surface area contributed by atoms with Gasteiger partial charge in [-0.2, -0.15) is 4.98 Å². The van der Waals surface area contributed by atoms with Gasteiger partial charge in [0.2, 0.25) is 5.76 Å². The van der Waals surface area contributed by atoms with Crippen LogP contribution in [0.2, 0.25) is 0 Å². The molecule has 6 heteroatoms. The molecule has 0 atom stereocenters. The van der Waals surface area contributed by atoms with Crippen LogP contribution < -0.4 is 0 Å². The van der Waals surface area contributed by atoms with E-state index in [2.05, 4.69) is 15.1 Å². The third kappa shape index (κ3) is 1.50. The van der Waals surface area contributed by atoms with E-state index in [1.807, 2.05) is 6.92 Å². The highest BCUT2D eigenvalue weighted by Crippen LogP contribution is 2.22. The number of rotatable bonds is 2. The summed E-state index contributed by atoms with van der Waals surface area (Å²) in [6, 6.07) is 0. The average molecular weight is 214 g/mol. The number of nitrogens with zero attached hydrogens (tertiary/aromatic N) is 3. The number of oxazole rings is 1. The van der Waals surface area contributed by atoms with Gasteiger partial charge in [-0.25, -0.2) is 4.98 Å². The van der Waals surface area contributed by atoms with Crippen molar-refractivity contribution in [3.8, 4) is 11.7 Å². The molecular weight excluding hydrogens is 206 g/mol. The molecule has 0 aliphatic carbocycles. The molecule has 0 radical (unpaired) electrons. The lowest BCUT2D eigenvalue weighted by molar-refractivity contribution is 0.407. The first-order valence-corrected chi connectivity index (χ1v) is 4.57. The standard InChI is InChI=1S/C8H8ClN3O2/c1-4-7(13-5(2)10-4)8-11-6(3-9)12-14-8/h3H2,1-2H3. The van der Waals surface area contributed by atoms with Gasteiger partial charge >= 0.3 is 0 Å². The Morgan fingerprint density at radius 3 is 2.57 bits per heavy atom. The second kappa shape index (κ2) is 3.42. The SMILES string of the molecule is Cc1nc(C)c(-c2nc(CCl)no2)o1. The summed E-state index contributed by atoms with van der Waals surface area (Å²) in [5, 5.41) is 3.66. The zero-order valence-corrected chi connectivity index (χ0v) is 8.50. The van der Waals surface area contributed by atoms with E-state index in [1.54, 1.807) is 6.92 Å². The lowest BCUT2D eigenvalue weighted by Gasteiger charge is -1.85. The maximum absolute atomic E-state index is 5.54. The Balaban J connectivity index is 2.43. The van der Waals surface area contributed by atoms with E-state index in [4.69, 9.17) is 20.5 Å². The Bertz CT molecular complexity index is 449. The average Bonchev–Trinajstić information content (AvgIpc) is 2.71. The molecule has 0 spiro atoms. The lowest BCUT2D eigenvalue weighted by Crippen LogP contribution is -1.81. The Labute approximate surface area is 85.1 Å². The molecule has 0 fully saturated rings. The second-order valence-corrected chi connectivity index (χ2v) is 3.06. The van der Waals surface area contributed by atoms with Gasteiger partial charge in [-0.1, -0.05) is 5.16 Å². The van der Waals surface area contributed by atoms with Crippen LogP contribution in [0.3, 0.4) is 0 Å². The fraction of sp³-hybridized carbons (Fsp3) is 0.375. The van der Waals surface area contributed by atoms with Gasteiger partial charge in [0.1, 0.15) is 0 Å². The van der Waals surface area contributed by atoms with Gasteiger partial charge in [0.05, 0.1) is 11.6 Å². The van der Waals surface area contributed by atoms with Crippen molar-refractivity contribution in [2.75, 3.05) is 0 Å². The summed E-state index contributed by atoms with van der Waals surface area (Å²) in [6.07, 6.45) is 0. The number of hydrogen-bond acceptors (Lipinski definition) is 5. The number of halogens is 1. The fourth-order valence-electron chi connectivity index (χ4n) is 1.13. The molecule has 2 aromatic rings. The predicted molar refractivity (Wildman–Crippen MR) is 48.8 cm³/mol. The number of hydrogen-bond donors (Lipinski definition) is 0. The molecule has 0 bridgehead atoms. The molecule has 0 saturated carbocycles. The minimum atomic E-state index is 0.218. The molecule has 2 aromatic heterocycles. The molecule has 14 heavy (non-hydrogen) atoms. The van der Waals surface area contributed by atoms with E-state index < -0.39 is 0 Å². The van der Waals surface area contributed by atoms with Crippen LogP contribution in [0, 0.1) is 13.8 Å². The molecule has 0 saturated heterocycles. The molecule has 2 heterocycles. The maximum atomic E-state index is 5.54. The fourth-order valence-corrected chi connectivity index (χ4v) is 1.24. The van der Waals surface area contributed by atoms with Crippen molar-refractivity contribution >= 4 is 11.6 Å². The Kier molecular flexibility index (Phi) is 2.25. The van der Waals surface area contributed by atoms with Crippen molar-refractivity contribution in [1.29, 1.82) is 0 Å². The summed E-state index contributed by atoms with van der Waals surface area (Å²) < 4.78 is 10.3. The van der Waals surface area contributed by atoms with Gasteiger partial charge in [0, 0.05) is 6.92 Å². The van der Waals surface area contributed by atoms with Crippen molar-refractivity contribution < 1.29 is 8.94 Å². The van der Waals surface area contributed by atoms with Crippen molar-refractivity contribution in [1.82, 2.24) is 15.1 Å². The smallest absolute Gasteiger partial charge is 0.295 e. The largest absolute Gasteiger partial charge is 0.436 e. The number of aromatic nitrogens is 3. The predicted octanol–water partition coefficient (Wildman–Crippen LogP) is 2.08. The quantitative estimate of drug-likeness (QED) is 0.715. The minimum absolute atomic E-state index is 0.218. The first-order valence-electron chi connectivity index (χ1n) is 4.03. The van der Waals surface area contributed by atoms with Crippen LogP contribution in [0.4, 0.5) is 0 Å². The molecule has 0 amide bonds. The molecule has 0 aliphatic rings. The summed E-state index contributed by atoms with van der Waals surface area (Å²) in [7, 11) is 0. The van der Waals surface area contributed by atoms with E-state index in [0.29, 0.717) is 23.4 Å². The first kappa shape index (κ1) is 9.21.